The summed E-state index contributed by atoms with van der Waals surface area (Å²) in [6.07, 6.45) is 4.42. The van der Waals surface area contributed by atoms with Crippen LogP contribution < -0.4 is 15.0 Å². The van der Waals surface area contributed by atoms with Gasteiger partial charge in [-0.15, -0.1) is 0 Å². The van der Waals surface area contributed by atoms with Crippen molar-refractivity contribution in [3.05, 3.63) is 36.7 Å². The second kappa shape index (κ2) is 10.0. The Hall–Kier alpha value is -3.22. The summed E-state index contributed by atoms with van der Waals surface area (Å²) in [5.74, 6) is 0.718. The second-order valence-electron chi connectivity index (χ2n) is 11.3. The van der Waals surface area contributed by atoms with E-state index in [9.17, 15) is 13.2 Å². The molecule has 1 aliphatic carbocycles. The van der Waals surface area contributed by atoms with Crippen molar-refractivity contribution in [1.82, 2.24) is 24.2 Å². The number of rotatable bonds is 8. The van der Waals surface area contributed by atoms with Crippen LogP contribution >= 0.6 is 0 Å². The van der Waals surface area contributed by atoms with Crippen LogP contribution in [0.25, 0.3) is 22.3 Å². The molecule has 3 aliphatic heterocycles. The lowest BCUT2D eigenvalue weighted by Gasteiger charge is -2.38. The first-order valence-corrected chi connectivity index (χ1v) is 15.6. The number of amides is 1. The average Bonchev–Trinajstić information content (AvgIpc) is 3.52. The molecular weight excluding hydrogens is 532 g/mol. The Kier molecular flexibility index (Phi) is 6.43. The van der Waals surface area contributed by atoms with E-state index in [1.807, 2.05) is 31.5 Å². The van der Waals surface area contributed by atoms with Crippen molar-refractivity contribution in [2.45, 2.75) is 43.6 Å². The molecule has 7 rings (SSSR count). The van der Waals surface area contributed by atoms with Gasteiger partial charge in [0.1, 0.15) is 16.9 Å². The maximum absolute atomic E-state index is 12.7. The maximum Gasteiger partial charge on any atom is 0.241 e. The molecule has 5 heterocycles. The number of pyridine rings is 1. The van der Waals surface area contributed by atoms with Crippen molar-refractivity contribution < 1.29 is 22.7 Å². The number of sulfonamides is 1. The van der Waals surface area contributed by atoms with Crippen molar-refractivity contribution in [2.24, 2.45) is 5.92 Å². The third-order valence-corrected chi connectivity index (χ3v) is 10.8. The molecule has 3 saturated heterocycles. The van der Waals surface area contributed by atoms with Crippen molar-refractivity contribution in [1.29, 1.82) is 0 Å². The predicted octanol–water partition coefficient (Wildman–Crippen LogP) is 2.19. The Morgan fingerprint density at radius 1 is 1.10 bits per heavy atom. The predicted molar refractivity (Wildman–Crippen MR) is 150 cm³/mol. The minimum atomic E-state index is -3.28. The van der Waals surface area contributed by atoms with E-state index in [-0.39, 0.29) is 17.9 Å². The van der Waals surface area contributed by atoms with Crippen molar-refractivity contribution in [3.8, 4) is 17.1 Å². The van der Waals surface area contributed by atoms with Crippen LogP contribution in [0.15, 0.2) is 36.7 Å². The third-order valence-electron chi connectivity index (χ3n) is 8.59. The van der Waals surface area contributed by atoms with Crippen LogP contribution in [-0.2, 0) is 19.6 Å². The quantitative estimate of drug-likeness (QED) is 0.441. The summed E-state index contributed by atoms with van der Waals surface area (Å²) >= 11 is 0. The Balaban J connectivity index is 1.11. The van der Waals surface area contributed by atoms with Crippen LogP contribution in [0.3, 0.4) is 0 Å². The second-order valence-corrected chi connectivity index (χ2v) is 13.5. The molecular formula is C28H34N6O5S. The number of benzene rings is 1. The third kappa shape index (κ3) is 4.71. The molecule has 0 spiro atoms. The highest BCUT2D eigenvalue weighted by atomic mass is 32.2. The van der Waals surface area contributed by atoms with Gasteiger partial charge in [0.2, 0.25) is 21.8 Å². The van der Waals surface area contributed by atoms with Gasteiger partial charge in [-0.25, -0.2) is 18.4 Å². The first kappa shape index (κ1) is 25.7. The summed E-state index contributed by atoms with van der Waals surface area (Å²) in [7, 11) is -3.28. The van der Waals surface area contributed by atoms with E-state index in [0.29, 0.717) is 64.3 Å². The summed E-state index contributed by atoms with van der Waals surface area (Å²) in [4.78, 5) is 23.7. The highest BCUT2D eigenvalue weighted by Crippen LogP contribution is 2.40. The van der Waals surface area contributed by atoms with Crippen LogP contribution in [0.4, 0.5) is 5.69 Å². The number of fused-ring (bicyclic) bond motifs is 1. The molecule has 4 aliphatic rings. The molecule has 0 radical (unpaired) electrons. The lowest BCUT2D eigenvalue weighted by atomic mass is 10.0. The van der Waals surface area contributed by atoms with E-state index in [0.717, 1.165) is 40.8 Å². The zero-order valence-corrected chi connectivity index (χ0v) is 23.3. The zero-order chi connectivity index (χ0) is 27.4. The fraction of sp³-hybridized carbons (Fsp3) is 0.536. The molecule has 2 unspecified atom stereocenters. The summed E-state index contributed by atoms with van der Waals surface area (Å²) in [6, 6.07) is 10.7. The molecule has 212 valence electrons. The minimum absolute atomic E-state index is 0.0615. The van der Waals surface area contributed by atoms with Crippen LogP contribution in [-0.4, -0.2) is 90.5 Å². The topological polar surface area (TPSA) is 119 Å². The largest absolute Gasteiger partial charge is 0.473 e. The van der Waals surface area contributed by atoms with E-state index < -0.39 is 15.3 Å². The molecule has 1 N–H and O–H groups in total. The van der Waals surface area contributed by atoms with E-state index in [2.05, 4.69) is 26.9 Å². The normalized spacial score (nSPS) is 23.3. The van der Waals surface area contributed by atoms with E-state index in [4.69, 9.17) is 19.4 Å². The number of aromatic nitrogens is 3. The number of carbonyl (C=O) groups is 1. The average molecular weight is 567 g/mol. The Labute approximate surface area is 233 Å². The van der Waals surface area contributed by atoms with Crippen molar-refractivity contribution in [3.63, 3.8) is 0 Å². The molecule has 3 aromatic rings. The fourth-order valence-electron chi connectivity index (χ4n) is 5.76. The van der Waals surface area contributed by atoms with Crippen molar-refractivity contribution >= 4 is 32.7 Å². The molecule has 1 aromatic carbocycles. The number of nitrogens with zero attached hydrogens (tertiary/aromatic N) is 5. The SMILES string of the molecule is CC(Oc1nc(-c2ccc(N3CCN(S(=O)(=O)C4COC4)CC3)cc2)cc2ncn(C3CC3)c12)C1CNC(=O)C1. The van der Waals surface area contributed by atoms with Gasteiger partial charge in [-0.3, -0.25) is 4.79 Å². The van der Waals surface area contributed by atoms with Crippen molar-refractivity contribution in [2.75, 3.05) is 50.8 Å². The smallest absolute Gasteiger partial charge is 0.241 e. The monoisotopic (exact) mass is 566 g/mol. The first-order valence-electron chi connectivity index (χ1n) is 14.1. The van der Waals surface area contributed by atoms with E-state index in [1.54, 1.807) is 4.31 Å². The minimum Gasteiger partial charge on any atom is -0.473 e. The number of hydrogen-bond acceptors (Lipinski definition) is 8. The van der Waals surface area contributed by atoms with Gasteiger partial charge in [0.25, 0.3) is 0 Å². The molecule has 12 heteroatoms. The molecule has 4 fully saturated rings. The Bertz CT molecular complexity index is 1520. The summed E-state index contributed by atoms with van der Waals surface area (Å²) in [5.41, 5.74) is 4.54. The van der Waals surface area contributed by atoms with Crippen LogP contribution in [0.5, 0.6) is 5.88 Å². The maximum atomic E-state index is 12.7. The summed E-state index contributed by atoms with van der Waals surface area (Å²) in [5, 5.41) is 2.50. The summed E-state index contributed by atoms with van der Waals surface area (Å²) < 4.78 is 40.8. The molecule has 2 atom stereocenters. The molecule has 11 nitrogen and oxygen atoms in total. The van der Waals surface area contributed by atoms with Gasteiger partial charge in [0.05, 0.1) is 30.8 Å². The van der Waals surface area contributed by atoms with E-state index in [1.165, 1.54) is 0 Å². The van der Waals surface area contributed by atoms with Gasteiger partial charge in [-0.1, -0.05) is 12.1 Å². The van der Waals surface area contributed by atoms with Gasteiger partial charge in [0.15, 0.2) is 0 Å². The Morgan fingerprint density at radius 2 is 1.85 bits per heavy atom. The number of carbonyl (C=O) groups excluding carboxylic acids is 1. The molecule has 0 bridgehead atoms. The van der Waals surface area contributed by atoms with Crippen LogP contribution in [0.1, 0.15) is 32.2 Å². The van der Waals surface area contributed by atoms with Gasteiger partial charge >= 0.3 is 0 Å². The first-order chi connectivity index (χ1) is 19.4. The number of imidazole rings is 1. The number of ether oxygens (including phenoxy) is 2. The van der Waals surface area contributed by atoms with Gasteiger partial charge in [-0.05, 0) is 38.0 Å². The van der Waals surface area contributed by atoms with E-state index >= 15 is 0 Å². The van der Waals surface area contributed by atoms with Gasteiger partial charge in [-0.2, -0.15) is 4.31 Å². The summed E-state index contributed by atoms with van der Waals surface area (Å²) in [6.45, 7) is 5.45. The molecule has 1 amide bonds. The Morgan fingerprint density at radius 3 is 2.48 bits per heavy atom. The lowest BCUT2D eigenvalue weighted by Crippen LogP contribution is -2.55. The molecule has 40 heavy (non-hydrogen) atoms. The number of nitrogens with one attached hydrogen (secondary N) is 1. The number of anilines is 1. The highest BCUT2D eigenvalue weighted by molar-refractivity contribution is 7.89. The van der Waals surface area contributed by atoms with Crippen LogP contribution in [0, 0.1) is 5.92 Å². The highest BCUT2D eigenvalue weighted by Gasteiger charge is 2.38. The zero-order valence-electron chi connectivity index (χ0n) is 22.5. The van der Waals surface area contributed by atoms with Crippen LogP contribution in [0.2, 0.25) is 0 Å². The number of hydrogen-bond donors (Lipinski definition) is 1. The standard InChI is InChI=1S/C28H34N6O5S/c1-18(20-12-26(35)29-14-20)39-28-27-25(30-17-34(27)22-6-7-22)13-24(31-28)19-2-4-21(5-3-19)32-8-10-33(11-9-32)40(36,37)23-15-38-16-23/h2-5,13,17-18,20,22-23H,6-12,14-16H2,1H3,(H,29,35). The number of piperazine rings is 1. The molecule has 1 saturated carbocycles. The lowest BCUT2D eigenvalue weighted by molar-refractivity contribution is -0.119. The molecule has 2 aromatic heterocycles. The van der Waals surface area contributed by atoms with Gasteiger partial charge < -0.3 is 24.3 Å². The van der Waals surface area contributed by atoms with Gasteiger partial charge in [0, 0.05) is 62.4 Å². The fourth-order valence-corrected chi connectivity index (χ4v) is 7.39.